The molecule has 0 bridgehead atoms. The maximum atomic E-state index is 11.6. The van der Waals surface area contributed by atoms with E-state index in [9.17, 15) is 9.90 Å². The van der Waals surface area contributed by atoms with Gasteiger partial charge in [0.15, 0.2) is 0 Å². The number of hydrogen-bond donors (Lipinski definition) is 2. The molecule has 2 aliphatic rings. The summed E-state index contributed by atoms with van der Waals surface area (Å²) in [6.45, 7) is 6.89. The number of H-pyrrole nitrogens is 1. The molecule has 0 atom stereocenters. The Labute approximate surface area is 211 Å². The molecule has 0 unspecified atom stereocenters. The van der Waals surface area contributed by atoms with Gasteiger partial charge in [0.1, 0.15) is 5.69 Å². The molecule has 36 heavy (non-hydrogen) atoms. The number of ether oxygens (including phenoxy) is 1. The topological polar surface area (TPSA) is 81.7 Å². The van der Waals surface area contributed by atoms with Crippen LogP contribution in [0.5, 0.6) is 5.75 Å². The van der Waals surface area contributed by atoms with Crippen molar-refractivity contribution in [3.63, 3.8) is 0 Å². The van der Waals surface area contributed by atoms with Crippen molar-refractivity contribution in [2.75, 3.05) is 39.4 Å². The highest BCUT2D eigenvalue weighted by atomic mass is 16.5. The Bertz CT molecular complexity index is 1260. The van der Waals surface area contributed by atoms with Crippen LogP contribution in [-0.2, 0) is 17.8 Å². The standard InChI is InChI=1S/C29H32N4O3/c34-28-27(30-21-31-29(28)35)20-32-13-11-26(12-14-32)25-9-7-23(8-10-25)2-1-22-3-5-24(6-4-22)19-33-15-17-36-18-16-33/h3-10,21,26,34H,11-20H2,(H,30,31,35). The van der Waals surface area contributed by atoms with Crippen LogP contribution in [-0.4, -0.2) is 64.3 Å². The highest BCUT2D eigenvalue weighted by Crippen LogP contribution is 2.29. The van der Waals surface area contributed by atoms with Crippen LogP contribution in [0, 0.1) is 11.8 Å². The van der Waals surface area contributed by atoms with Gasteiger partial charge in [0.05, 0.1) is 19.5 Å². The predicted octanol–water partition coefficient (Wildman–Crippen LogP) is 3.09. The van der Waals surface area contributed by atoms with Crippen LogP contribution in [0.1, 0.15) is 46.7 Å². The Morgan fingerprint density at radius 3 is 2.17 bits per heavy atom. The normalized spacial score (nSPS) is 17.4. The van der Waals surface area contributed by atoms with Crippen molar-refractivity contribution in [1.82, 2.24) is 19.8 Å². The summed E-state index contributed by atoms with van der Waals surface area (Å²) in [5, 5.41) is 9.92. The van der Waals surface area contributed by atoms with Gasteiger partial charge in [0.2, 0.25) is 5.75 Å². The average molecular weight is 485 g/mol. The number of aromatic hydroxyl groups is 1. The number of aromatic nitrogens is 2. The largest absolute Gasteiger partial charge is 0.502 e. The van der Waals surface area contributed by atoms with E-state index in [0.717, 1.165) is 69.9 Å². The first-order chi connectivity index (χ1) is 17.6. The van der Waals surface area contributed by atoms with Crippen LogP contribution in [0.2, 0.25) is 0 Å². The summed E-state index contributed by atoms with van der Waals surface area (Å²) in [6.07, 6.45) is 3.41. The fourth-order valence-corrected chi connectivity index (χ4v) is 4.88. The number of nitrogens with zero attached hydrogens (tertiary/aromatic N) is 3. The van der Waals surface area contributed by atoms with Crippen LogP contribution in [0.3, 0.4) is 0 Å². The zero-order valence-electron chi connectivity index (χ0n) is 20.4. The summed E-state index contributed by atoms with van der Waals surface area (Å²) in [5.74, 6) is 6.80. The SMILES string of the molecule is O=c1[nH]cnc(CN2CCC(c3ccc(C#Cc4ccc(CN5CCOCC5)cc4)cc3)CC2)c1O. The Kier molecular flexibility index (Phi) is 7.77. The molecule has 3 aromatic rings. The van der Waals surface area contributed by atoms with E-state index < -0.39 is 5.56 Å². The first kappa shape index (κ1) is 24.3. The Balaban J connectivity index is 1.12. The molecule has 0 radical (unpaired) electrons. The van der Waals surface area contributed by atoms with Crippen molar-refractivity contribution in [2.24, 2.45) is 0 Å². The Morgan fingerprint density at radius 1 is 0.889 bits per heavy atom. The van der Waals surface area contributed by atoms with Crippen molar-refractivity contribution in [1.29, 1.82) is 0 Å². The van der Waals surface area contributed by atoms with Gasteiger partial charge in [-0.05, 0) is 67.2 Å². The third-order valence-corrected chi connectivity index (χ3v) is 7.06. The smallest absolute Gasteiger partial charge is 0.293 e. The van der Waals surface area contributed by atoms with E-state index in [0.29, 0.717) is 18.2 Å². The second kappa shape index (κ2) is 11.5. The molecule has 2 N–H and O–H groups in total. The fourth-order valence-electron chi connectivity index (χ4n) is 4.88. The quantitative estimate of drug-likeness (QED) is 0.542. The predicted molar refractivity (Wildman–Crippen MR) is 139 cm³/mol. The second-order valence-corrected chi connectivity index (χ2v) is 9.53. The summed E-state index contributed by atoms with van der Waals surface area (Å²) in [5.41, 5.74) is 4.64. The van der Waals surface area contributed by atoms with Crippen LogP contribution < -0.4 is 5.56 Å². The molecule has 2 saturated heterocycles. The molecule has 3 heterocycles. The third-order valence-electron chi connectivity index (χ3n) is 7.06. The van der Waals surface area contributed by atoms with E-state index in [1.807, 2.05) is 0 Å². The van der Waals surface area contributed by atoms with Gasteiger partial charge in [-0.3, -0.25) is 14.6 Å². The molecule has 1 aromatic heterocycles. The molecule has 2 fully saturated rings. The fraction of sp³-hybridized carbons (Fsp3) is 0.379. The lowest BCUT2D eigenvalue weighted by atomic mass is 9.89. The van der Waals surface area contributed by atoms with Gasteiger partial charge < -0.3 is 14.8 Å². The monoisotopic (exact) mass is 484 g/mol. The molecule has 0 amide bonds. The lowest BCUT2D eigenvalue weighted by Gasteiger charge is -2.32. The van der Waals surface area contributed by atoms with Crippen molar-refractivity contribution in [2.45, 2.75) is 31.8 Å². The van der Waals surface area contributed by atoms with Gasteiger partial charge in [-0.1, -0.05) is 36.1 Å². The van der Waals surface area contributed by atoms with E-state index in [4.69, 9.17) is 4.74 Å². The van der Waals surface area contributed by atoms with Crippen molar-refractivity contribution in [3.05, 3.63) is 93.2 Å². The molecule has 7 nitrogen and oxygen atoms in total. The molecule has 186 valence electrons. The number of rotatable bonds is 5. The molecule has 7 heteroatoms. The number of aromatic amines is 1. The number of benzene rings is 2. The average Bonchev–Trinajstić information content (AvgIpc) is 2.92. The molecular weight excluding hydrogens is 452 g/mol. The molecule has 2 aliphatic heterocycles. The minimum atomic E-state index is -0.487. The van der Waals surface area contributed by atoms with Crippen molar-refractivity contribution in [3.8, 4) is 17.6 Å². The highest BCUT2D eigenvalue weighted by Gasteiger charge is 2.22. The summed E-state index contributed by atoms with van der Waals surface area (Å²) in [6, 6.07) is 17.2. The van der Waals surface area contributed by atoms with E-state index in [-0.39, 0.29) is 5.75 Å². The molecule has 5 rings (SSSR count). The van der Waals surface area contributed by atoms with Crippen LogP contribution >= 0.6 is 0 Å². The van der Waals surface area contributed by atoms with Gasteiger partial charge in [-0.25, -0.2) is 4.98 Å². The molecular formula is C29H32N4O3. The number of piperidine rings is 1. The first-order valence-corrected chi connectivity index (χ1v) is 12.6. The molecule has 0 saturated carbocycles. The number of likely N-dealkylation sites (tertiary alicyclic amines) is 1. The van der Waals surface area contributed by atoms with Crippen LogP contribution in [0.4, 0.5) is 0 Å². The maximum absolute atomic E-state index is 11.6. The molecule has 0 aliphatic carbocycles. The Morgan fingerprint density at radius 2 is 1.50 bits per heavy atom. The van der Waals surface area contributed by atoms with Gasteiger partial charge in [0, 0.05) is 37.3 Å². The minimum absolute atomic E-state index is 0.278. The number of hydrogen-bond acceptors (Lipinski definition) is 6. The first-order valence-electron chi connectivity index (χ1n) is 12.6. The van der Waals surface area contributed by atoms with E-state index in [1.165, 1.54) is 17.5 Å². The molecule has 2 aromatic carbocycles. The zero-order chi connectivity index (χ0) is 24.7. The van der Waals surface area contributed by atoms with Crippen LogP contribution in [0.25, 0.3) is 0 Å². The lowest BCUT2D eigenvalue weighted by Crippen LogP contribution is -2.35. The van der Waals surface area contributed by atoms with E-state index in [2.05, 4.69) is 80.1 Å². The van der Waals surface area contributed by atoms with Gasteiger partial charge in [-0.15, -0.1) is 0 Å². The third kappa shape index (κ3) is 6.21. The summed E-state index contributed by atoms with van der Waals surface area (Å²) >= 11 is 0. The number of morpholine rings is 1. The lowest BCUT2D eigenvalue weighted by molar-refractivity contribution is 0.0342. The van der Waals surface area contributed by atoms with Gasteiger partial charge in [-0.2, -0.15) is 0 Å². The summed E-state index contributed by atoms with van der Waals surface area (Å²) in [7, 11) is 0. The van der Waals surface area contributed by atoms with Crippen molar-refractivity contribution >= 4 is 0 Å². The summed E-state index contributed by atoms with van der Waals surface area (Å²) < 4.78 is 5.42. The number of nitrogens with one attached hydrogen (secondary N) is 1. The van der Waals surface area contributed by atoms with Crippen molar-refractivity contribution < 1.29 is 9.84 Å². The van der Waals surface area contributed by atoms with Gasteiger partial charge in [0.25, 0.3) is 5.56 Å². The zero-order valence-corrected chi connectivity index (χ0v) is 20.4. The van der Waals surface area contributed by atoms with Crippen LogP contribution in [0.15, 0.2) is 59.7 Å². The second-order valence-electron chi connectivity index (χ2n) is 9.53. The Hall–Kier alpha value is -3.44. The van der Waals surface area contributed by atoms with E-state index >= 15 is 0 Å². The van der Waals surface area contributed by atoms with Gasteiger partial charge >= 0.3 is 0 Å². The summed E-state index contributed by atoms with van der Waals surface area (Å²) in [4.78, 5) is 22.8. The molecule has 0 spiro atoms. The highest BCUT2D eigenvalue weighted by molar-refractivity contribution is 5.44. The van der Waals surface area contributed by atoms with E-state index in [1.54, 1.807) is 0 Å². The minimum Gasteiger partial charge on any atom is -0.502 e. The maximum Gasteiger partial charge on any atom is 0.293 e.